The Labute approximate surface area is 193 Å². The summed E-state index contributed by atoms with van der Waals surface area (Å²) < 4.78 is 34.7. The van der Waals surface area contributed by atoms with Gasteiger partial charge in [0.05, 0.1) is 15.4 Å². The van der Waals surface area contributed by atoms with E-state index in [2.05, 4.69) is 9.97 Å². The summed E-state index contributed by atoms with van der Waals surface area (Å²) >= 11 is 12.2. The molecule has 170 valence electrons. The van der Waals surface area contributed by atoms with Gasteiger partial charge >= 0.3 is 0 Å². The van der Waals surface area contributed by atoms with E-state index < -0.39 is 41.7 Å². The van der Waals surface area contributed by atoms with Crippen LogP contribution < -0.4 is 5.73 Å². The number of ether oxygens (including phenoxy) is 3. The van der Waals surface area contributed by atoms with Crippen LogP contribution >= 0.6 is 23.2 Å². The van der Waals surface area contributed by atoms with Gasteiger partial charge < -0.3 is 29.6 Å². The first-order valence-electron chi connectivity index (χ1n) is 9.95. The second-order valence-electron chi connectivity index (χ2n) is 8.63. The average molecular weight is 483 g/mol. The van der Waals surface area contributed by atoms with Crippen molar-refractivity contribution in [2.24, 2.45) is 0 Å². The zero-order valence-electron chi connectivity index (χ0n) is 17.4. The van der Waals surface area contributed by atoms with Crippen molar-refractivity contribution in [1.82, 2.24) is 14.5 Å². The molecule has 3 N–H and O–H groups in total. The van der Waals surface area contributed by atoms with Crippen molar-refractivity contribution < 1.29 is 23.7 Å². The van der Waals surface area contributed by atoms with Crippen LogP contribution in [0.1, 0.15) is 32.6 Å². The van der Waals surface area contributed by atoms with Crippen molar-refractivity contribution in [2.45, 2.75) is 56.7 Å². The molecule has 0 aliphatic carbocycles. The Hall–Kier alpha value is -2.01. The number of nitrogens with two attached hydrogens (primary N) is 1. The number of benzene rings is 1. The molecule has 4 heterocycles. The molecule has 2 aromatic heterocycles. The first-order chi connectivity index (χ1) is 15.0. The van der Waals surface area contributed by atoms with Crippen LogP contribution in [0, 0.1) is 5.82 Å². The smallest absolute Gasteiger partial charge is 0.165 e. The van der Waals surface area contributed by atoms with Crippen molar-refractivity contribution in [3.05, 3.63) is 52.1 Å². The van der Waals surface area contributed by atoms with E-state index in [4.69, 9.17) is 43.1 Å². The predicted molar refractivity (Wildman–Crippen MR) is 116 cm³/mol. The van der Waals surface area contributed by atoms with Crippen molar-refractivity contribution in [3.63, 3.8) is 0 Å². The van der Waals surface area contributed by atoms with Gasteiger partial charge in [-0.05, 0) is 38.5 Å². The number of rotatable bonds is 3. The molecule has 11 heteroatoms. The Kier molecular flexibility index (Phi) is 4.94. The number of halogens is 3. The lowest BCUT2D eigenvalue weighted by Crippen LogP contribution is -2.45. The maximum absolute atomic E-state index is 14.7. The van der Waals surface area contributed by atoms with Gasteiger partial charge in [-0.1, -0.05) is 29.3 Å². The van der Waals surface area contributed by atoms with Gasteiger partial charge in [-0.3, -0.25) is 0 Å². The molecule has 0 unspecified atom stereocenters. The molecular weight excluding hydrogens is 462 g/mol. The summed E-state index contributed by atoms with van der Waals surface area (Å²) in [6.07, 6.45) is -0.560. The van der Waals surface area contributed by atoms with Gasteiger partial charge in [0.1, 0.15) is 36.1 Å². The van der Waals surface area contributed by atoms with E-state index >= 15 is 0 Å². The largest absolute Gasteiger partial charge is 0.383 e. The van der Waals surface area contributed by atoms with Crippen LogP contribution in [0.5, 0.6) is 0 Å². The van der Waals surface area contributed by atoms with Gasteiger partial charge in [0.15, 0.2) is 23.5 Å². The molecule has 0 bridgehead atoms. The minimum atomic E-state index is -1.54. The summed E-state index contributed by atoms with van der Waals surface area (Å²) in [5, 5.41) is 12.3. The molecule has 5 atom stereocenters. The lowest BCUT2D eigenvalue weighted by atomic mass is 9.87. The molecule has 0 radical (unpaired) electrons. The predicted octanol–water partition coefficient (Wildman–Crippen LogP) is 3.78. The molecule has 8 nitrogen and oxygen atoms in total. The number of aliphatic hydroxyl groups is 1. The molecule has 2 fully saturated rings. The molecule has 1 aromatic carbocycles. The lowest BCUT2D eigenvalue weighted by Gasteiger charge is -2.34. The Morgan fingerprint density at radius 2 is 1.91 bits per heavy atom. The van der Waals surface area contributed by atoms with Crippen LogP contribution in [-0.2, 0) is 19.8 Å². The van der Waals surface area contributed by atoms with E-state index in [0.717, 1.165) is 0 Å². The highest BCUT2D eigenvalue weighted by molar-refractivity contribution is 6.42. The van der Waals surface area contributed by atoms with Gasteiger partial charge in [0.25, 0.3) is 0 Å². The minimum absolute atomic E-state index is 0.0177. The molecule has 2 saturated heterocycles. The molecule has 5 rings (SSSR count). The summed E-state index contributed by atoms with van der Waals surface area (Å²) in [7, 11) is 0. The van der Waals surface area contributed by atoms with Gasteiger partial charge in [-0.2, -0.15) is 0 Å². The van der Waals surface area contributed by atoms with Crippen LogP contribution in [0.2, 0.25) is 10.0 Å². The van der Waals surface area contributed by atoms with E-state index in [1.807, 2.05) is 0 Å². The van der Waals surface area contributed by atoms with Crippen molar-refractivity contribution in [2.75, 3.05) is 5.73 Å². The van der Waals surface area contributed by atoms with E-state index in [1.54, 1.807) is 39.0 Å². The molecular formula is C21H21Cl2FN4O4. The zero-order valence-corrected chi connectivity index (χ0v) is 18.9. The third-order valence-electron chi connectivity index (χ3n) is 5.95. The Bertz CT molecular complexity index is 1220. The first-order valence-corrected chi connectivity index (χ1v) is 10.7. The molecule has 0 saturated carbocycles. The fourth-order valence-electron chi connectivity index (χ4n) is 4.48. The molecule has 32 heavy (non-hydrogen) atoms. The van der Waals surface area contributed by atoms with E-state index in [0.29, 0.717) is 15.6 Å². The summed E-state index contributed by atoms with van der Waals surface area (Å²) in [6.45, 7) is 5.13. The van der Waals surface area contributed by atoms with Crippen LogP contribution in [0.3, 0.4) is 0 Å². The quantitative estimate of drug-likeness (QED) is 0.584. The normalized spacial score (nSPS) is 28.7. The van der Waals surface area contributed by atoms with Crippen LogP contribution in [0.4, 0.5) is 10.2 Å². The summed E-state index contributed by atoms with van der Waals surface area (Å²) in [5.41, 5.74) is 5.05. The highest BCUT2D eigenvalue weighted by Gasteiger charge is 2.61. The number of hydrogen-bond donors (Lipinski definition) is 2. The number of nitrogens with zero attached hydrogens (tertiary/aromatic N) is 3. The van der Waals surface area contributed by atoms with Gasteiger partial charge in [-0.15, -0.1) is 0 Å². The summed E-state index contributed by atoms with van der Waals surface area (Å²) in [4.78, 5) is 8.05. The molecule has 2 aliphatic heterocycles. The Balaban J connectivity index is 1.60. The molecule has 0 spiro atoms. The number of hydrogen-bond acceptors (Lipinski definition) is 7. The Morgan fingerprint density at radius 3 is 2.62 bits per heavy atom. The minimum Gasteiger partial charge on any atom is -0.383 e. The van der Waals surface area contributed by atoms with Crippen LogP contribution in [0.25, 0.3) is 11.0 Å². The Morgan fingerprint density at radius 1 is 1.19 bits per heavy atom. The van der Waals surface area contributed by atoms with E-state index in [-0.39, 0.29) is 16.9 Å². The van der Waals surface area contributed by atoms with Crippen molar-refractivity contribution in [3.8, 4) is 0 Å². The van der Waals surface area contributed by atoms with E-state index in [9.17, 15) is 9.50 Å². The van der Waals surface area contributed by atoms with Crippen molar-refractivity contribution in [1.29, 1.82) is 0 Å². The molecule has 2 aliphatic rings. The number of nitrogen functional groups attached to an aromatic ring is 1. The molecule has 3 aromatic rings. The summed E-state index contributed by atoms with van der Waals surface area (Å²) in [5.74, 6) is -1.51. The first kappa shape index (κ1) is 21.8. The van der Waals surface area contributed by atoms with Gasteiger partial charge in [0, 0.05) is 6.20 Å². The maximum Gasteiger partial charge on any atom is 0.165 e. The number of fused-ring (bicyclic) bond motifs is 2. The average Bonchev–Trinajstić information content (AvgIpc) is 3.32. The highest BCUT2D eigenvalue weighted by atomic mass is 35.5. The van der Waals surface area contributed by atoms with E-state index in [1.165, 1.54) is 17.1 Å². The fourth-order valence-corrected chi connectivity index (χ4v) is 4.78. The zero-order chi connectivity index (χ0) is 23.0. The third kappa shape index (κ3) is 3.27. The second kappa shape index (κ2) is 7.24. The van der Waals surface area contributed by atoms with Gasteiger partial charge in [-0.25, -0.2) is 14.4 Å². The number of anilines is 1. The second-order valence-corrected chi connectivity index (χ2v) is 9.44. The number of aromatic nitrogens is 3. The topological polar surface area (TPSA) is 105 Å². The maximum atomic E-state index is 14.7. The molecule has 0 amide bonds. The third-order valence-corrected chi connectivity index (χ3v) is 6.69. The SMILES string of the molecule is CC1(C)O[C@@H]2[C@H](O1)[C@@H]([C@](C)(O)c1ccc(Cl)c(Cl)c1)O[C@H]2n1cc(F)c2c(N)ncnc21. The standard InChI is InChI=1S/C21H21Cl2FN4O4/c1-20(2)31-14-15(32-20)19(28-7-12(24)13-17(25)26-8-27-18(13)28)30-16(14)21(3,29)9-4-5-10(22)11(23)6-9/h4-8,14-16,19,29H,1-3H3,(H2,25,26,27)/t14-,15+,16-,19+,21+/m0/s1. The van der Waals surface area contributed by atoms with Crippen LogP contribution in [0.15, 0.2) is 30.7 Å². The van der Waals surface area contributed by atoms with Crippen LogP contribution in [-0.4, -0.2) is 43.7 Å². The summed E-state index contributed by atoms with van der Waals surface area (Å²) in [6, 6.07) is 4.84. The lowest BCUT2D eigenvalue weighted by molar-refractivity contribution is -0.221. The fraction of sp³-hybridized carbons (Fsp3) is 0.429. The van der Waals surface area contributed by atoms with Gasteiger partial charge in [0.2, 0.25) is 0 Å². The van der Waals surface area contributed by atoms with Crippen molar-refractivity contribution >= 4 is 40.1 Å². The highest BCUT2D eigenvalue weighted by Crippen LogP contribution is 2.49. The monoisotopic (exact) mass is 482 g/mol.